The summed E-state index contributed by atoms with van der Waals surface area (Å²) in [5, 5.41) is 4.37. The zero-order valence-electron chi connectivity index (χ0n) is 20.3. The van der Waals surface area contributed by atoms with Gasteiger partial charge in [0, 0.05) is 45.3 Å². The summed E-state index contributed by atoms with van der Waals surface area (Å²) < 4.78 is 7.21. The van der Waals surface area contributed by atoms with E-state index in [2.05, 4.69) is 17.2 Å². The molecule has 0 aliphatic carbocycles. The highest BCUT2D eigenvalue weighted by Gasteiger charge is 2.33. The number of aromatic nitrogens is 2. The van der Waals surface area contributed by atoms with Crippen molar-refractivity contribution in [3.05, 3.63) is 77.5 Å². The lowest BCUT2D eigenvalue weighted by Gasteiger charge is -2.40. The topological polar surface area (TPSA) is 71.6 Å². The second-order valence-corrected chi connectivity index (χ2v) is 9.25. The number of hydrogen-bond acceptors (Lipinski definition) is 4. The van der Waals surface area contributed by atoms with Crippen LogP contribution in [-0.2, 0) is 17.8 Å². The first-order chi connectivity index (χ1) is 16.4. The number of likely N-dealkylation sites (N-methyl/N-ethyl adjacent to an activating group) is 1. The van der Waals surface area contributed by atoms with Gasteiger partial charge in [-0.2, -0.15) is 5.10 Å². The van der Waals surface area contributed by atoms with Crippen molar-refractivity contribution in [3.8, 4) is 0 Å². The number of carbonyl (C=O) groups excluding carboxylic acids is 2. The first-order valence-electron chi connectivity index (χ1n) is 12.1. The molecule has 1 aromatic carbocycles. The summed E-state index contributed by atoms with van der Waals surface area (Å²) in [5.41, 5.74) is 2.79. The van der Waals surface area contributed by atoms with E-state index < -0.39 is 0 Å². The molecule has 34 heavy (non-hydrogen) atoms. The Hall–Kier alpha value is -3.35. The van der Waals surface area contributed by atoms with Crippen molar-refractivity contribution in [2.75, 3.05) is 20.1 Å². The number of nitrogens with zero attached hydrogens (tertiary/aromatic N) is 4. The summed E-state index contributed by atoms with van der Waals surface area (Å²) in [6.45, 7) is 5.82. The number of carbonyl (C=O) groups is 2. The van der Waals surface area contributed by atoms with E-state index in [1.807, 2.05) is 65.8 Å². The van der Waals surface area contributed by atoms with Gasteiger partial charge in [-0.05, 0) is 56.7 Å². The SMILES string of the molecule is Cc1ccn(CCC(=O)N2CCC([C@@H](Cc3ccccc3)N(C)C(=O)c3ccoc3C)CC2)n1. The summed E-state index contributed by atoms with van der Waals surface area (Å²) in [4.78, 5) is 29.9. The monoisotopic (exact) mass is 462 g/mol. The van der Waals surface area contributed by atoms with Gasteiger partial charge in [-0.15, -0.1) is 0 Å². The van der Waals surface area contributed by atoms with Crippen LogP contribution in [0, 0.1) is 19.8 Å². The van der Waals surface area contributed by atoms with Gasteiger partial charge in [-0.25, -0.2) is 0 Å². The molecule has 3 aromatic rings. The van der Waals surface area contributed by atoms with Gasteiger partial charge in [0.25, 0.3) is 5.91 Å². The van der Waals surface area contributed by atoms with Crippen molar-refractivity contribution >= 4 is 11.8 Å². The molecule has 0 N–H and O–H groups in total. The number of rotatable bonds is 8. The van der Waals surface area contributed by atoms with Crippen LogP contribution in [0.1, 0.15) is 46.6 Å². The molecule has 0 unspecified atom stereocenters. The van der Waals surface area contributed by atoms with Gasteiger partial charge in [0.1, 0.15) is 5.76 Å². The lowest BCUT2D eigenvalue weighted by atomic mass is 9.84. The summed E-state index contributed by atoms with van der Waals surface area (Å²) in [5.74, 6) is 1.12. The lowest BCUT2D eigenvalue weighted by Crippen LogP contribution is -2.48. The maximum atomic E-state index is 13.3. The minimum absolute atomic E-state index is 0.0137. The van der Waals surface area contributed by atoms with E-state index in [0.717, 1.165) is 38.0 Å². The average Bonchev–Trinajstić information content (AvgIpc) is 3.48. The van der Waals surface area contributed by atoms with Crippen LogP contribution in [-0.4, -0.2) is 57.6 Å². The number of piperidine rings is 1. The fourth-order valence-corrected chi connectivity index (χ4v) is 4.91. The van der Waals surface area contributed by atoms with Crippen LogP contribution in [0.3, 0.4) is 0 Å². The minimum Gasteiger partial charge on any atom is -0.469 e. The molecule has 2 amide bonds. The number of likely N-dealkylation sites (tertiary alicyclic amines) is 1. The standard InChI is InChI=1S/C27H34N4O3/c1-20-9-16-31(28-20)17-12-26(32)30-14-10-23(11-15-30)25(19-22-7-5-4-6-8-22)29(3)27(33)24-13-18-34-21(24)2/h4-9,13,16,18,23,25H,10-12,14-15,17,19H2,1-3H3/t25-/m1/s1. The van der Waals surface area contributed by atoms with Crippen LogP contribution in [0.25, 0.3) is 0 Å². The normalized spacial score (nSPS) is 15.3. The van der Waals surface area contributed by atoms with Crippen LogP contribution in [0.2, 0.25) is 0 Å². The summed E-state index contributed by atoms with van der Waals surface area (Å²) in [7, 11) is 1.89. The molecular formula is C27H34N4O3. The van der Waals surface area contributed by atoms with E-state index in [9.17, 15) is 9.59 Å². The Morgan fingerprint density at radius 3 is 2.47 bits per heavy atom. The fraction of sp³-hybridized carbons (Fsp3) is 0.444. The molecule has 180 valence electrons. The van der Waals surface area contributed by atoms with Crippen LogP contribution in [0.4, 0.5) is 0 Å². The summed E-state index contributed by atoms with van der Waals surface area (Å²) in [6.07, 6.45) is 6.49. The van der Waals surface area contributed by atoms with Gasteiger partial charge in [0.2, 0.25) is 5.91 Å². The molecule has 7 heteroatoms. The third-order valence-corrected chi connectivity index (χ3v) is 6.96. The van der Waals surface area contributed by atoms with Gasteiger partial charge in [0.15, 0.2) is 0 Å². The van der Waals surface area contributed by atoms with Crippen molar-refractivity contribution < 1.29 is 14.0 Å². The second-order valence-electron chi connectivity index (χ2n) is 9.25. The van der Waals surface area contributed by atoms with Crippen LogP contribution < -0.4 is 0 Å². The summed E-state index contributed by atoms with van der Waals surface area (Å²) in [6, 6.07) is 14.1. The van der Waals surface area contributed by atoms with Gasteiger partial charge < -0.3 is 14.2 Å². The van der Waals surface area contributed by atoms with Crippen molar-refractivity contribution in [1.29, 1.82) is 0 Å². The Labute approximate surface area is 201 Å². The molecule has 1 saturated heterocycles. The Balaban J connectivity index is 1.41. The third kappa shape index (κ3) is 5.58. The van der Waals surface area contributed by atoms with Crippen LogP contribution in [0.5, 0.6) is 0 Å². The van der Waals surface area contributed by atoms with E-state index in [0.29, 0.717) is 30.2 Å². The number of aryl methyl sites for hydroxylation is 3. The predicted molar refractivity (Wildman–Crippen MR) is 130 cm³/mol. The molecule has 0 saturated carbocycles. The predicted octanol–water partition coefficient (Wildman–Crippen LogP) is 4.11. The molecule has 1 atom stereocenters. The molecule has 0 radical (unpaired) electrons. The lowest BCUT2D eigenvalue weighted by molar-refractivity contribution is -0.133. The molecule has 0 bridgehead atoms. The molecule has 4 rings (SSSR count). The average molecular weight is 463 g/mol. The van der Waals surface area contributed by atoms with Crippen molar-refractivity contribution in [3.63, 3.8) is 0 Å². The van der Waals surface area contributed by atoms with E-state index in [1.54, 1.807) is 12.3 Å². The smallest absolute Gasteiger partial charge is 0.257 e. The van der Waals surface area contributed by atoms with Crippen LogP contribution in [0.15, 0.2) is 59.3 Å². The molecule has 1 aliphatic heterocycles. The Bertz CT molecular complexity index is 1100. The number of furan rings is 1. The van der Waals surface area contributed by atoms with Crippen LogP contribution >= 0.6 is 0 Å². The Morgan fingerprint density at radius 2 is 1.85 bits per heavy atom. The highest BCUT2D eigenvalue weighted by Crippen LogP contribution is 2.28. The molecule has 2 aromatic heterocycles. The molecule has 1 aliphatic rings. The molecule has 0 spiro atoms. The molecule has 3 heterocycles. The highest BCUT2D eigenvalue weighted by atomic mass is 16.3. The quantitative estimate of drug-likeness (QED) is 0.505. The Morgan fingerprint density at radius 1 is 1.12 bits per heavy atom. The van der Waals surface area contributed by atoms with E-state index in [4.69, 9.17) is 4.42 Å². The molecular weight excluding hydrogens is 428 g/mol. The second kappa shape index (κ2) is 10.7. The number of amides is 2. The maximum Gasteiger partial charge on any atom is 0.257 e. The Kier molecular flexibility index (Phi) is 7.50. The molecule has 1 fully saturated rings. The van der Waals surface area contributed by atoms with Crippen molar-refractivity contribution in [2.24, 2.45) is 5.92 Å². The van der Waals surface area contributed by atoms with E-state index in [-0.39, 0.29) is 17.9 Å². The van der Waals surface area contributed by atoms with Gasteiger partial charge in [-0.1, -0.05) is 30.3 Å². The van der Waals surface area contributed by atoms with E-state index in [1.165, 1.54) is 5.56 Å². The van der Waals surface area contributed by atoms with Crippen molar-refractivity contribution in [1.82, 2.24) is 19.6 Å². The minimum atomic E-state index is -0.0137. The van der Waals surface area contributed by atoms with Gasteiger partial charge >= 0.3 is 0 Å². The number of hydrogen-bond donors (Lipinski definition) is 0. The highest BCUT2D eigenvalue weighted by molar-refractivity contribution is 5.95. The largest absolute Gasteiger partial charge is 0.469 e. The maximum absolute atomic E-state index is 13.3. The van der Waals surface area contributed by atoms with Gasteiger partial charge in [-0.3, -0.25) is 14.3 Å². The number of benzene rings is 1. The van der Waals surface area contributed by atoms with Crippen molar-refractivity contribution in [2.45, 2.75) is 52.1 Å². The first kappa shape index (κ1) is 23.8. The zero-order valence-corrected chi connectivity index (χ0v) is 20.3. The zero-order chi connectivity index (χ0) is 24.1. The third-order valence-electron chi connectivity index (χ3n) is 6.96. The summed E-state index contributed by atoms with van der Waals surface area (Å²) >= 11 is 0. The molecule has 7 nitrogen and oxygen atoms in total. The van der Waals surface area contributed by atoms with E-state index >= 15 is 0 Å². The first-order valence-corrected chi connectivity index (χ1v) is 12.1. The van der Waals surface area contributed by atoms with Gasteiger partial charge in [0.05, 0.1) is 17.5 Å². The fourth-order valence-electron chi connectivity index (χ4n) is 4.91.